The van der Waals surface area contributed by atoms with E-state index in [1.165, 1.54) is 45.5 Å². The van der Waals surface area contributed by atoms with E-state index < -0.39 is 17.9 Å². The highest BCUT2D eigenvalue weighted by molar-refractivity contribution is 6.36. The third kappa shape index (κ3) is 8.53. The Morgan fingerprint density at radius 1 is 0.778 bits per heavy atom. The molecular weight excluding hydrogens is 725 g/mol. The maximum Gasteiger partial charge on any atom is 0.336 e. The summed E-state index contributed by atoms with van der Waals surface area (Å²) in [4.78, 5) is 51.3. The lowest BCUT2D eigenvalue weighted by molar-refractivity contribution is -0.137. The molecule has 1 amide bonds. The first-order valence-electron chi connectivity index (χ1n) is 19.4. The molecule has 0 aliphatic carbocycles. The molecule has 2 aromatic rings. The smallest absolute Gasteiger partial charge is 0.336 e. The van der Waals surface area contributed by atoms with Crippen molar-refractivity contribution in [3.63, 3.8) is 0 Å². The van der Waals surface area contributed by atoms with Gasteiger partial charge in [-0.15, -0.1) is 0 Å². The van der Waals surface area contributed by atoms with Gasteiger partial charge in [0.05, 0.1) is 37.7 Å². The van der Waals surface area contributed by atoms with Crippen molar-refractivity contribution < 1.29 is 23.9 Å². The van der Waals surface area contributed by atoms with Gasteiger partial charge in [-0.3, -0.25) is 14.6 Å². The lowest BCUT2D eigenvalue weighted by Crippen LogP contribution is -2.56. The Kier molecular flexibility index (Phi) is 13.4. The van der Waals surface area contributed by atoms with E-state index in [1.54, 1.807) is 18.2 Å². The number of hydrogen-bond acceptors (Lipinski definition) is 9. The summed E-state index contributed by atoms with van der Waals surface area (Å²) in [6.07, 6.45) is 5.84. The molecule has 4 aliphatic heterocycles. The fourth-order valence-electron chi connectivity index (χ4n) is 9.11. The van der Waals surface area contributed by atoms with E-state index in [0.29, 0.717) is 61.0 Å². The van der Waals surface area contributed by atoms with Crippen LogP contribution in [0.5, 0.6) is 0 Å². The van der Waals surface area contributed by atoms with Gasteiger partial charge in [-0.2, -0.15) is 0 Å². The molecule has 292 valence electrons. The Bertz CT molecular complexity index is 1730. The molecule has 0 aromatic heterocycles. The summed E-state index contributed by atoms with van der Waals surface area (Å²) in [6, 6.07) is 15.2. The fraction of sp³-hybridized carbons (Fsp3) is 0.548. The number of hydrogen-bond donors (Lipinski definition) is 1. The van der Waals surface area contributed by atoms with E-state index >= 15 is 0 Å². The first kappa shape index (κ1) is 40.3. The monoisotopic (exact) mass is 779 g/mol. The van der Waals surface area contributed by atoms with Gasteiger partial charge in [0.1, 0.15) is 0 Å². The Labute approximate surface area is 330 Å². The second kappa shape index (κ2) is 18.0. The minimum Gasteiger partial charge on any atom is -0.466 e. The van der Waals surface area contributed by atoms with Crippen molar-refractivity contribution in [3.05, 3.63) is 91.7 Å². The van der Waals surface area contributed by atoms with Crippen LogP contribution in [0.15, 0.2) is 65.0 Å². The number of carbonyl (C=O) groups is 3. The number of nitrogens with one attached hydrogen (secondary N) is 1. The highest BCUT2D eigenvalue weighted by atomic mass is 35.5. The summed E-state index contributed by atoms with van der Waals surface area (Å²) in [5, 5.41) is 3.99. The van der Waals surface area contributed by atoms with Gasteiger partial charge in [-0.25, -0.2) is 9.59 Å². The molecule has 4 heterocycles. The van der Waals surface area contributed by atoms with Crippen molar-refractivity contribution in [1.29, 1.82) is 0 Å². The zero-order chi connectivity index (χ0) is 38.5. The highest BCUT2D eigenvalue weighted by Crippen LogP contribution is 2.46. The van der Waals surface area contributed by atoms with E-state index in [0.717, 1.165) is 38.3 Å². The number of nitrogens with zero attached hydrogens (tertiary/aromatic N) is 4. The van der Waals surface area contributed by atoms with E-state index in [9.17, 15) is 14.4 Å². The third-order valence-electron chi connectivity index (χ3n) is 12.3. The SMILES string of the molecule is CCN(CC)Cc1ccccc1CCC1=C(C(=O)OC)C(c2c(Cl)cccc2Cl)C(C(=O)OC)=C(CC(=O)N2CCN(C3CC4CCC(C3)N4C)CC2)N1. The van der Waals surface area contributed by atoms with Crippen LogP contribution in [0.1, 0.15) is 75.0 Å². The molecule has 0 spiro atoms. The van der Waals surface area contributed by atoms with Gasteiger partial charge in [0.2, 0.25) is 5.91 Å². The average molecular weight is 781 g/mol. The number of halogens is 2. The lowest BCUT2D eigenvalue weighted by Gasteiger charge is -2.45. The Morgan fingerprint density at radius 3 is 1.93 bits per heavy atom. The van der Waals surface area contributed by atoms with Gasteiger partial charge in [-0.05, 0) is 81.9 Å². The largest absolute Gasteiger partial charge is 0.466 e. The second-order valence-electron chi connectivity index (χ2n) is 15.0. The van der Waals surface area contributed by atoms with Crippen LogP contribution in [0, 0.1) is 0 Å². The number of dihydropyridines is 1. The molecule has 12 heteroatoms. The molecular formula is C42H55Cl2N5O5. The number of amides is 1. The average Bonchev–Trinajstić information content (AvgIpc) is 3.36. The first-order chi connectivity index (χ1) is 26.1. The number of esters is 2. The van der Waals surface area contributed by atoms with Crippen LogP contribution in [0.25, 0.3) is 0 Å². The van der Waals surface area contributed by atoms with Gasteiger partial charge < -0.3 is 24.6 Å². The van der Waals surface area contributed by atoms with Crippen molar-refractivity contribution in [2.45, 2.75) is 89.4 Å². The molecule has 3 atom stereocenters. The molecule has 3 fully saturated rings. The number of carbonyl (C=O) groups excluding carboxylic acids is 3. The molecule has 1 N–H and O–H groups in total. The molecule has 3 saturated heterocycles. The number of piperazine rings is 1. The normalized spacial score (nSPS) is 23.5. The van der Waals surface area contributed by atoms with Crippen LogP contribution in [0.4, 0.5) is 0 Å². The number of allylic oxidation sites excluding steroid dienone is 1. The number of rotatable bonds is 13. The molecule has 6 rings (SSSR count). The van der Waals surface area contributed by atoms with E-state index in [1.807, 2.05) is 17.0 Å². The first-order valence-corrected chi connectivity index (χ1v) is 20.2. The van der Waals surface area contributed by atoms with Crippen LogP contribution in [-0.4, -0.2) is 116 Å². The maximum absolute atomic E-state index is 14.2. The van der Waals surface area contributed by atoms with E-state index in [-0.39, 0.29) is 33.5 Å². The van der Waals surface area contributed by atoms with Gasteiger partial charge in [0, 0.05) is 77.9 Å². The Hall–Kier alpha value is -3.41. The van der Waals surface area contributed by atoms with Crippen LogP contribution < -0.4 is 5.32 Å². The molecule has 2 aromatic carbocycles. The predicted octanol–water partition coefficient (Wildman–Crippen LogP) is 6.17. The minimum absolute atomic E-state index is 0.0854. The second-order valence-corrected chi connectivity index (χ2v) is 15.8. The zero-order valence-electron chi connectivity index (χ0n) is 32.3. The Balaban J connectivity index is 1.31. The van der Waals surface area contributed by atoms with Gasteiger partial charge in [0.15, 0.2) is 0 Å². The van der Waals surface area contributed by atoms with Gasteiger partial charge >= 0.3 is 11.9 Å². The fourth-order valence-corrected chi connectivity index (χ4v) is 9.72. The Morgan fingerprint density at radius 2 is 1.35 bits per heavy atom. The molecule has 3 unspecified atom stereocenters. The van der Waals surface area contributed by atoms with Gasteiger partial charge in [-0.1, -0.05) is 67.4 Å². The maximum atomic E-state index is 14.2. The molecule has 4 aliphatic rings. The van der Waals surface area contributed by atoms with Crippen molar-refractivity contribution in [2.24, 2.45) is 0 Å². The molecule has 10 nitrogen and oxygen atoms in total. The molecule has 54 heavy (non-hydrogen) atoms. The van der Waals surface area contributed by atoms with Crippen LogP contribution in [0.3, 0.4) is 0 Å². The summed E-state index contributed by atoms with van der Waals surface area (Å²) < 4.78 is 10.7. The highest BCUT2D eigenvalue weighted by Gasteiger charge is 2.43. The van der Waals surface area contributed by atoms with Crippen molar-refractivity contribution in [1.82, 2.24) is 24.9 Å². The summed E-state index contributed by atoms with van der Waals surface area (Å²) >= 11 is 13.7. The minimum atomic E-state index is -1.03. The number of methoxy groups -OCH3 is 2. The number of aryl methyl sites for hydroxylation is 1. The van der Waals surface area contributed by atoms with Crippen LogP contribution >= 0.6 is 23.2 Å². The van der Waals surface area contributed by atoms with Crippen molar-refractivity contribution >= 4 is 41.0 Å². The number of fused-ring (bicyclic) bond motifs is 2. The van der Waals surface area contributed by atoms with Crippen molar-refractivity contribution in [3.8, 4) is 0 Å². The molecule has 0 saturated carbocycles. The van der Waals surface area contributed by atoms with E-state index in [2.05, 4.69) is 53.0 Å². The van der Waals surface area contributed by atoms with Crippen LogP contribution in [0.2, 0.25) is 10.0 Å². The lowest BCUT2D eigenvalue weighted by atomic mass is 9.78. The number of piperidine rings is 1. The zero-order valence-corrected chi connectivity index (χ0v) is 33.8. The molecule has 0 radical (unpaired) electrons. The number of ether oxygens (including phenoxy) is 2. The van der Waals surface area contributed by atoms with E-state index in [4.69, 9.17) is 32.7 Å². The topological polar surface area (TPSA) is 94.7 Å². The van der Waals surface area contributed by atoms with Crippen LogP contribution in [-0.2, 0) is 36.8 Å². The summed E-state index contributed by atoms with van der Waals surface area (Å²) in [6.45, 7) is 9.82. The standard InChI is InChI=1S/C42H55Cl2N5O5/c1-6-47(7-2)26-28-12-9-8-11-27(28)15-18-34-38(41(51)53-4)40(37-32(43)13-10-14-33(37)44)39(42(52)54-5)35(45-34)25-36(50)49-21-19-48(20-22-49)31-23-29-16-17-30(24-31)46(29)3/h8-14,29-31,40,45H,6-7,15-26H2,1-5H3. The molecule has 2 bridgehead atoms. The third-order valence-corrected chi connectivity index (χ3v) is 12.9. The van der Waals surface area contributed by atoms with Crippen molar-refractivity contribution in [2.75, 3.05) is 60.5 Å². The number of benzene rings is 2. The quantitative estimate of drug-likeness (QED) is 0.240. The summed E-state index contributed by atoms with van der Waals surface area (Å²) in [5.74, 6) is -2.44. The van der Waals surface area contributed by atoms with Gasteiger partial charge in [0.25, 0.3) is 0 Å². The summed E-state index contributed by atoms with van der Waals surface area (Å²) in [5.41, 5.74) is 3.99. The predicted molar refractivity (Wildman–Crippen MR) is 212 cm³/mol. The summed E-state index contributed by atoms with van der Waals surface area (Å²) in [7, 11) is 4.86.